The van der Waals surface area contributed by atoms with E-state index in [-0.39, 0.29) is 11.0 Å². The zero-order chi connectivity index (χ0) is 11.5. The first-order valence-corrected chi connectivity index (χ1v) is 7.29. The summed E-state index contributed by atoms with van der Waals surface area (Å²) >= 11 is 1.78. The number of hydrogen-bond donors (Lipinski definition) is 0. The molecule has 0 aliphatic heterocycles. The predicted molar refractivity (Wildman–Crippen MR) is 66.7 cm³/mol. The highest BCUT2D eigenvalue weighted by atomic mass is 32.2. The zero-order valence-corrected chi connectivity index (χ0v) is 10.7. The minimum atomic E-state index is -0.0142. The first kappa shape index (κ1) is 12.2. The van der Waals surface area contributed by atoms with Gasteiger partial charge in [-0.3, -0.25) is 9.59 Å². The highest BCUT2D eigenvalue weighted by Crippen LogP contribution is 2.36. The lowest BCUT2D eigenvalue weighted by molar-refractivity contribution is -0.128. The molecule has 0 amide bonds. The third kappa shape index (κ3) is 3.09. The molecule has 2 aliphatic rings. The van der Waals surface area contributed by atoms with E-state index in [0.29, 0.717) is 30.3 Å². The topological polar surface area (TPSA) is 34.1 Å². The maximum atomic E-state index is 11.7. The number of carbonyl (C=O) groups excluding carboxylic acids is 2. The summed E-state index contributed by atoms with van der Waals surface area (Å²) in [6.07, 6.45) is 6.49. The van der Waals surface area contributed by atoms with Gasteiger partial charge in [-0.25, -0.2) is 0 Å². The van der Waals surface area contributed by atoms with Gasteiger partial charge < -0.3 is 0 Å². The standard InChI is InChI=1S/C13H20O2S/c1-9-2-5-11(6-3-9)16-13-8-10(14)4-7-12(13)15/h9,11,13H,2-8H2,1H3/t9?,11?,13-/m1/s1. The molecule has 90 valence electrons. The van der Waals surface area contributed by atoms with Crippen molar-refractivity contribution in [1.29, 1.82) is 0 Å². The van der Waals surface area contributed by atoms with Gasteiger partial charge in [0.05, 0.1) is 5.25 Å². The van der Waals surface area contributed by atoms with Crippen LogP contribution in [0.1, 0.15) is 51.9 Å². The van der Waals surface area contributed by atoms with Crippen LogP contribution in [-0.2, 0) is 9.59 Å². The summed E-state index contributed by atoms with van der Waals surface area (Å²) in [5.41, 5.74) is 0. The molecule has 0 aromatic heterocycles. The Kier molecular flexibility index (Phi) is 4.06. The molecule has 0 aromatic carbocycles. The highest BCUT2D eigenvalue weighted by molar-refractivity contribution is 8.01. The van der Waals surface area contributed by atoms with Crippen LogP contribution in [-0.4, -0.2) is 22.1 Å². The van der Waals surface area contributed by atoms with Gasteiger partial charge in [0.2, 0.25) is 0 Å². The summed E-state index contributed by atoms with van der Waals surface area (Å²) in [5, 5.41) is 0.607. The Morgan fingerprint density at radius 1 is 1.06 bits per heavy atom. The molecule has 0 heterocycles. The largest absolute Gasteiger partial charge is 0.300 e. The van der Waals surface area contributed by atoms with E-state index in [4.69, 9.17) is 0 Å². The lowest BCUT2D eigenvalue weighted by atomic mass is 9.91. The third-order valence-corrected chi connectivity index (χ3v) is 5.36. The van der Waals surface area contributed by atoms with Crippen molar-refractivity contribution in [2.24, 2.45) is 5.92 Å². The number of hydrogen-bond acceptors (Lipinski definition) is 3. The number of ketones is 2. The summed E-state index contributed by atoms with van der Waals surface area (Å²) in [6.45, 7) is 2.30. The van der Waals surface area contributed by atoms with Crippen LogP contribution in [0.25, 0.3) is 0 Å². The van der Waals surface area contributed by atoms with Crippen molar-refractivity contribution in [3.8, 4) is 0 Å². The Labute approximate surface area is 102 Å². The van der Waals surface area contributed by atoms with E-state index >= 15 is 0 Å². The molecule has 2 saturated carbocycles. The first-order valence-electron chi connectivity index (χ1n) is 6.35. The van der Waals surface area contributed by atoms with E-state index in [0.717, 1.165) is 5.92 Å². The Morgan fingerprint density at radius 3 is 2.44 bits per heavy atom. The summed E-state index contributed by atoms with van der Waals surface area (Å²) in [4.78, 5) is 23.1. The number of carbonyl (C=O) groups is 2. The highest BCUT2D eigenvalue weighted by Gasteiger charge is 2.31. The average Bonchev–Trinajstić information content (AvgIpc) is 2.27. The third-order valence-electron chi connectivity index (χ3n) is 3.74. The van der Waals surface area contributed by atoms with Crippen molar-refractivity contribution in [2.45, 2.75) is 62.4 Å². The summed E-state index contributed by atoms with van der Waals surface area (Å²) in [6, 6.07) is 0. The van der Waals surface area contributed by atoms with Crippen molar-refractivity contribution < 1.29 is 9.59 Å². The van der Waals surface area contributed by atoms with Crippen LogP contribution in [0.2, 0.25) is 0 Å². The van der Waals surface area contributed by atoms with Crippen LogP contribution in [0, 0.1) is 5.92 Å². The molecule has 2 aliphatic carbocycles. The Morgan fingerprint density at radius 2 is 1.75 bits per heavy atom. The van der Waals surface area contributed by atoms with Crippen LogP contribution in [0.15, 0.2) is 0 Å². The van der Waals surface area contributed by atoms with Gasteiger partial charge in [-0.2, -0.15) is 0 Å². The second kappa shape index (κ2) is 5.35. The quantitative estimate of drug-likeness (QED) is 0.744. The van der Waals surface area contributed by atoms with Crippen LogP contribution < -0.4 is 0 Å². The second-order valence-electron chi connectivity index (χ2n) is 5.22. The molecular formula is C13H20O2S. The fraction of sp³-hybridized carbons (Fsp3) is 0.846. The van der Waals surface area contributed by atoms with Crippen molar-refractivity contribution in [1.82, 2.24) is 0 Å². The van der Waals surface area contributed by atoms with Gasteiger partial charge in [0.15, 0.2) is 0 Å². The molecule has 16 heavy (non-hydrogen) atoms. The predicted octanol–water partition coefficient (Wildman–Crippen LogP) is 2.99. The van der Waals surface area contributed by atoms with Gasteiger partial charge in [0.1, 0.15) is 11.6 Å². The van der Waals surface area contributed by atoms with Crippen molar-refractivity contribution in [3.63, 3.8) is 0 Å². The van der Waals surface area contributed by atoms with E-state index in [1.807, 2.05) is 0 Å². The lowest BCUT2D eigenvalue weighted by Gasteiger charge is -2.29. The smallest absolute Gasteiger partial charge is 0.146 e. The molecule has 1 atom stereocenters. The Bertz CT molecular complexity index is 280. The molecule has 0 unspecified atom stereocenters. The maximum absolute atomic E-state index is 11.7. The van der Waals surface area contributed by atoms with Gasteiger partial charge in [0, 0.05) is 24.5 Å². The molecule has 2 fully saturated rings. The van der Waals surface area contributed by atoms with E-state index in [9.17, 15) is 9.59 Å². The van der Waals surface area contributed by atoms with Crippen molar-refractivity contribution >= 4 is 23.3 Å². The summed E-state index contributed by atoms with van der Waals surface area (Å²) < 4.78 is 0. The number of thioether (sulfide) groups is 1. The molecular weight excluding hydrogens is 220 g/mol. The fourth-order valence-corrected chi connectivity index (χ4v) is 4.13. The van der Waals surface area contributed by atoms with Gasteiger partial charge in [0.25, 0.3) is 0 Å². The SMILES string of the molecule is CC1CCC(S[C@@H]2CC(=O)CCC2=O)CC1. The number of Topliss-reactive ketones (excluding diaryl/α,β-unsaturated/α-hetero) is 2. The monoisotopic (exact) mass is 240 g/mol. The minimum Gasteiger partial charge on any atom is -0.300 e. The van der Waals surface area contributed by atoms with Crippen molar-refractivity contribution in [3.05, 3.63) is 0 Å². The van der Waals surface area contributed by atoms with Crippen LogP contribution in [0.5, 0.6) is 0 Å². The zero-order valence-electron chi connectivity index (χ0n) is 9.91. The van der Waals surface area contributed by atoms with Gasteiger partial charge in [-0.05, 0) is 31.6 Å². The molecule has 2 nitrogen and oxygen atoms in total. The van der Waals surface area contributed by atoms with E-state index in [2.05, 4.69) is 6.92 Å². The normalized spacial score (nSPS) is 36.4. The molecule has 0 aromatic rings. The molecule has 0 saturated heterocycles. The molecule has 0 N–H and O–H groups in total. The summed E-state index contributed by atoms with van der Waals surface area (Å²) in [5.74, 6) is 1.44. The molecule has 0 radical (unpaired) electrons. The van der Waals surface area contributed by atoms with Crippen LogP contribution >= 0.6 is 11.8 Å². The molecule has 3 heteroatoms. The van der Waals surface area contributed by atoms with Gasteiger partial charge in [-0.1, -0.05) is 6.92 Å². The molecule has 0 bridgehead atoms. The van der Waals surface area contributed by atoms with Crippen LogP contribution in [0.4, 0.5) is 0 Å². The second-order valence-corrected chi connectivity index (χ2v) is 6.72. The van der Waals surface area contributed by atoms with Crippen LogP contribution in [0.3, 0.4) is 0 Å². The lowest BCUT2D eigenvalue weighted by Crippen LogP contribution is -2.30. The Balaban J connectivity index is 1.83. The molecule has 0 spiro atoms. The first-order chi connectivity index (χ1) is 7.65. The van der Waals surface area contributed by atoms with E-state index < -0.39 is 0 Å². The minimum absolute atomic E-state index is 0.0142. The van der Waals surface area contributed by atoms with Crippen molar-refractivity contribution in [2.75, 3.05) is 0 Å². The van der Waals surface area contributed by atoms with Gasteiger partial charge in [-0.15, -0.1) is 11.8 Å². The van der Waals surface area contributed by atoms with E-state index in [1.165, 1.54) is 25.7 Å². The fourth-order valence-electron chi connectivity index (χ4n) is 2.57. The summed E-state index contributed by atoms with van der Waals surface area (Å²) in [7, 11) is 0. The van der Waals surface area contributed by atoms with Gasteiger partial charge >= 0.3 is 0 Å². The van der Waals surface area contributed by atoms with E-state index in [1.54, 1.807) is 11.8 Å². The molecule has 2 rings (SSSR count). The number of rotatable bonds is 2. The average molecular weight is 240 g/mol. The maximum Gasteiger partial charge on any atom is 0.146 e. The Hall–Kier alpha value is -0.310.